The molecule has 1 aromatic heterocycles. The van der Waals surface area contributed by atoms with Gasteiger partial charge >= 0.3 is 0 Å². The van der Waals surface area contributed by atoms with Crippen molar-refractivity contribution in [2.24, 2.45) is 0 Å². The molecule has 52 valence electrons. The molecule has 0 saturated carbocycles. The highest BCUT2D eigenvalue weighted by Crippen LogP contribution is 2.06. The second kappa shape index (κ2) is 2.99. The van der Waals surface area contributed by atoms with Gasteiger partial charge in [-0.15, -0.1) is 0 Å². The van der Waals surface area contributed by atoms with E-state index in [-0.39, 0.29) is 0 Å². The van der Waals surface area contributed by atoms with Crippen LogP contribution in [0.2, 0.25) is 5.15 Å². The van der Waals surface area contributed by atoms with Crippen LogP contribution in [0.25, 0.3) is 0 Å². The maximum absolute atomic E-state index is 10.4. The maximum atomic E-state index is 10.4. The van der Waals surface area contributed by atoms with Crippen molar-refractivity contribution in [3.63, 3.8) is 0 Å². The Hall–Kier alpha value is -0.600. The van der Waals surface area contributed by atoms with Gasteiger partial charge in [0.05, 0.1) is 5.56 Å². The van der Waals surface area contributed by atoms with E-state index in [2.05, 4.69) is 4.98 Å². The summed E-state index contributed by atoms with van der Waals surface area (Å²) in [4.78, 5) is 14.1. The first-order valence-corrected chi connectivity index (χ1v) is 3.27. The van der Waals surface area contributed by atoms with Gasteiger partial charge in [0.15, 0.2) is 0 Å². The predicted molar refractivity (Wildman–Crippen MR) is 39.4 cm³/mol. The van der Waals surface area contributed by atoms with E-state index in [1.165, 1.54) is 18.3 Å². The molecular formula is C6H3Cl2NO. The van der Waals surface area contributed by atoms with Gasteiger partial charge < -0.3 is 0 Å². The molecule has 0 aromatic carbocycles. The summed E-state index contributed by atoms with van der Waals surface area (Å²) in [7, 11) is 0. The molecule has 0 radical (unpaired) electrons. The summed E-state index contributed by atoms with van der Waals surface area (Å²) in [5.74, 6) is 0. The van der Waals surface area contributed by atoms with Crippen LogP contribution in [0.15, 0.2) is 18.3 Å². The SMILES string of the molecule is O=C(Cl)c1ccc(Cl)[15n]c1. The van der Waals surface area contributed by atoms with Gasteiger partial charge in [0, 0.05) is 6.20 Å². The maximum Gasteiger partial charge on any atom is 0.253 e. The van der Waals surface area contributed by atoms with E-state index in [0.29, 0.717) is 10.7 Å². The standard InChI is InChI=1S/C6H3Cl2NO/c7-5-2-1-4(3-9-5)6(8)10/h1-3H/i9+1. The molecule has 0 atom stereocenters. The number of pyridine rings is 1. The second-order valence-electron chi connectivity index (χ2n) is 1.64. The van der Waals surface area contributed by atoms with Gasteiger partial charge in [-0.1, -0.05) is 11.6 Å². The van der Waals surface area contributed by atoms with Crippen molar-refractivity contribution < 1.29 is 4.79 Å². The van der Waals surface area contributed by atoms with Gasteiger partial charge in [-0.05, 0) is 23.7 Å². The lowest BCUT2D eigenvalue weighted by molar-refractivity contribution is 0.108. The average Bonchev–Trinajstić information content (AvgIpc) is 1.88. The Morgan fingerprint density at radius 1 is 1.50 bits per heavy atom. The van der Waals surface area contributed by atoms with Gasteiger partial charge in [-0.3, -0.25) is 4.79 Å². The molecule has 0 amide bonds. The average molecular weight is 177 g/mol. The van der Waals surface area contributed by atoms with E-state index in [1.807, 2.05) is 0 Å². The molecule has 1 rings (SSSR count). The number of rotatable bonds is 1. The molecule has 10 heavy (non-hydrogen) atoms. The fraction of sp³-hybridized carbons (Fsp3) is 0. The molecular weight excluding hydrogens is 174 g/mol. The molecule has 1 aromatic rings. The number of halogens is 2. The summed E-state index contributed by atoms with van der Waals surface area (Å²) in [5.41, 5.74) is 0.353. The first kappa shape index (κ1) is 7.51. The highest BCUT2D eigenvalue weighted by molar-refractivity contribution is 6.67. The minimum atomic E-state index is -0.524. The number of aromatic nitrogens is 1. The summed E-state index contributed by atoms with van der Waals surface area (Å²) >= 11 is 10.6. The summed E-state index contributed by atoms with van der Waals surface area (Å²) in [6.45, 7) is 0. The van der Waals surface area contributed by atoms with Crippen molar-refractivity contribution in [2.45, 2.75) is 0 Å². The van der Waals surface area contributed by atoms with Crippen molar-refractivity contribution in [3.8, 4) is 0 Å². The highest BCUT2D eigenvalue weighted by atomic mass is 35.5. The van der Waals surface area contributed by atoms with Crippen molar-refractivity contribution in [3.05, 3.63) is 29.0 Å². The summed E-state index contributed by atoms with van der Waals surface area (Å²) < 4.78 is 0. The number of carbonyl (C=O) groups is 1. The molecule has 0 aliphatic rings. The quantitative estimate of drug-likeness (QED) is 0.485. The van der Waals surface area contributed by atoms with E-state index >= 15 is 0 Å². The topological polar surface area (TPSA) is 30.0 Å². The molecule has 0 spiro atoms. The molecule has 0 bridgehead atoms. The smallest absolute Gasteiger partial charge is 0.253 e. The molecule has 0 N–H and O–H groups in total. The van der Waals surface area contributed by atoms with Crippen molar-refractivity contribution in [1.82, 2.24) is 4.98 Å². The Balaban J connectivity index is 3.00. The molecule has 0 unspecified atom stereocenters. The van der Waals surface area contributed by atoms with E-state index in [0.717, 1.165) is 0 Å². The van der Waals surface area contributed by atoms with Crippen LogP contribution in [0, 0.1) is 0 Å². The van der Waals surface area contributed by atoms with Crippen LogP contribution in [0.1, 0.15) is 10.4 Å². The van der Waals surface area contributed by atoms with Gasteiger partial charge in [-0.25, -0.2) is 4.98 Å². The van der Waals surface area contributed by atoms with E-state index in [1.54, 1.807) is 0 Å². The Morgan fingerprint density at radius 2 is 2.20 bits per heavy atom. The largest absolute Gasteiger partial charge is 0.276 e. The fourth-order valence-corrected chi connectivity index (χ4v) is 0.716. The zero-order valence-corrected chi connectivity index (χ0v) is 6.36. The summed E-state index contributed by atoms with van der Waals surface area (Å²) in [5, 5.41) is -0.175. The van der Waals surface area contributed by atoms with Gasteiger partial charge in [-0.2, -0.15) is 0 Å². The normalized spacial score (nSPS) is 9.40. The molecule has 1 heterocycles. The predicted octanol–water partition coefficient (Wildman–Crippen LogP) is 2.11. The zero-order chi connectivity index (χ0) is 7.56. The number of nitrogens with zero attached hydrogens (tertiary/aromatic N) is 1. The molecule has 0 fully saturated rings. The van der Waals surface area contributed by atoms with E-state index in [4.69, 9.17) is 23.2 Å². The van der Waals surface area contributed by atoms with Crippen molar-refractivity contribution in [2.75, 3.05) is 0 Å². The van der Waals surface area contributed by atoms with Crippen LogP contribution in [0.3, 0.4) is 0 Å². The summed E-state index contributed by atoms with van der Waals surface area (Å²) in [6, 6.07) is 3.03. The lowest BCUT2D eigenvalue weighted by Crippen LogP contribution is -1.88. The Bertz CT molecular complexity index is 244. The highest BCUT2D eigenvalue weighted by Gasteiger charge is 1.99. The van der Waals surface area contributed by atoms with Crippen molar-refractivity contribution in [1.29, 1.82) is 0 Å². The van der Waals surface area contributed by atoms with Gasteiger partial charge in [0.2, 0.25) is 0 Å². The molecule has 4 heteroatoms. The minimum absolute atomic E-state index is 0.349. The van der Waals surface area contributed by atoms with E-state index in [9.17, 15) is 4.79 Å². The third-order valence-electron chi connectivity index (χ3n) is 0.954. The van der Waals surface area contributed by atoms with E-state index < -0.39 is 5.24 Å². The first-order valence-electron chi connectivity index (χ1n) is 2.51. The van der Waals surface area contributed by atoms with Crippen LogP contribution in [-0.4, -0.2) is 10.2 Å². The van der Waals surface area contributed by atoms with Crippen LogP contribution >= 0.6 is 23.2 Å². The third kappa shape index (κ3) is 1.69. The van der Waals surface area contributed by atoms with Crippen molar-refractivity contribution >= 4 is 28.4 Å². The Morgan fingerprint density at radius 3 is 2.60 bits per heavy atom. The zero-order valence-electron chi connectivity index (χ0n) is 4.84. The van der Waals surface area contributed by atoms with Crippen LogP contribution < -0.4 is 0 Å². The molecule has 0 aliphatic heterocycles. The lowest BCUT2D eigenvalue weighted by atomic mass is 10.3. The number of carbonyl (C=O) groups excluding carboxylic acids is 1. The fourth-order valence-electron chi connectivity index (χ4n) is 0.492. The molecule has 0 aliphatic carbocycles. The minimum Gasteiger partial charge on any atom is -0.276 e. The molecule has 2 nitrogen and oxygen atoms in total. The number of hydrogen-bond acceptors (Lipinski definition) is 2. The number of hydrogen-bond donors (Lipinski definition) is 0. The van der Waals surface area contributed by atoms with Crippen LogP contribution in [-0.2, 0) is 0 Å². The van der Waals surface area contributed by atoms with Crippen LogP contribution in [0.4, 0.5) is 0 Å². The summed E-state index contributed by atoms with van der Waals surface area (Å²) in [6.07, 6.45) is 1.33. The molecule has 0 saturated heterocycles. The van der Waals surface area contributed by atoms with Gasteiger partial charge in [0.1, 0.15) is 5.15 Å². The Labute approximate surface area is 67.8 Å². The van der Waals surface area contributed by atoms with Crippen LogP contribution in [0.5, 0.6) is 0 Å². The second-order valence-corrected chi connectivity index (χ2v) is 2.37. The lowest BCUT2D eigenvalue weighted by Gasteiger charge is -1.90. The monoisotopic (exact) mass is 176 g/mol. The Kier molecular flexibility index (Phi) is 2.25. The first-order chi connectivity index (χ1) is 4.70. The third-order valence-corrected chi connectivity index (χ3v) is 1.40. The van der Waals surface area contributed by atoms with Gasteiger partial charge in [0.25, 0.3) is 5.24 Å².